The molecule has 1 amide bonds. The topological polar surface area (TPSA) is 71.7 Å². The van der Waals surface area contributed by atoms with E-state index >= 15 is 0 Å². The van der Waals surface area contributed by atoms with Crippen LogP contribution in [0.4, 0.5) is 0 Å². The van der Waals surface area contributed by atoms with E-state index in [2.05, 4.69) is 14.8 Å². The van der Waals surface area contributed by atoms with Crippen LogP contribution >= 0.6 is 11.3 Å². The van der Waals surface area contributed by atoms with Crippen LogP contribution in [-0.4, -0.2) is 66.1 Å². The van der Waals surface area contributed by atoms with Crippen molar-refractivity contribution in [2.24, 2.45) is 5.73 Å². The Kier molecular flexibility index (Phi) is 4.84. The molecule has 1 unspecified atom stereocenters. The lowest BCUT2D eigenvalue weighted by atomic mass is 10.2. The fraction of sp³-hybridized carbons (Fsp3) is 0.714. The van der Waals surface area contributed by atoms with Gasteiger partial charge in [0, 0.05) is 25.0 Å². The van der Waals surface area contributed by atoms with Crippen LogP contribution in [0.2, 0.25) is 0 Å². The monoisotopic (exact) mass is 310 g/mol. The van der Waals surface area contributed by atoms with E-state index in [1.54, 1.807) is 5.38 Å². The largest absolute Gasteiger partial charge is 0.374 e. The van der Waals surface area contributed by atoms with Gasteiger partial charge in [0.15, 0.2) is 0 Å². The van der Waals surface area contributed by atoms with E-state index in [0.29, 0.717) is 5.69 Å². The molecule has 0 radical (unpaired) electrons. The summed E-state index contributed by atoms with van der Waals surface area (Å²) in [6.07, 6.45) is 2.91. The summed E-state index contributed by atoms with van der Waals surface area (Å²) in [5.41, 5.74) is 5.61. The molecule has 2 aliphatic rings. The molecule has 0 aliphatic carbocycles. The van der Waals surface area contributed by atoms with E-state index in [1.807, 2.05) is 0 Å². The van der Waals surface area contributed by atoms with Crippen molar-refractivity contribution in [2.75, 3.05) is 39.3 Å². The van der Waals surface area contributed by atoms with Crippen LogP contribution in [0.5, 0.6) is 0 Å². The minimum Gasteiger partial charge on any atom is -0.374 e. The van der Waals surface area contributed by atoms with Crippen LogP contribution in [0.3, 0.4) is 0 Å². The second-order valence-corrected chi connectivity index (χ2v) is 6.67. The Morgan fingerprint density at radius 1 is 1.38 bits per heavy atom. The molecule has 2 N–H and O–H groups in total. The molecule has 2 saturated heterocycles. The molecule has 21 heavy (non-hydrogen) atoms. The maximum Gasteiger partial charge on any atom is 0.268 e. The molecule has 1 aromatic heterocycles. The normalized spacial score (nSPS) is 24.5. The zero-order chi connectivity index (χ0) is 14.7. The van der Waals surface area contributed by atoms with Crippen molar-refractivity contribution < 1.29 is 9.53 Å². The van der Waals surface area contributed by atoms with Gasteiger partial charge in [0.05, 0.1) is 19.3 Å². The molecular formula is C14H22N4O2S. The molecule has 2 aliphatic heterocycles. The van der Waals surface area contributed by atoms with Crippen molar-refractivity contribution in [1.29, 1.82) is 0 Å². The number of aromatic nitrogens is 1. The van der Waals surface area contributed by atoms with Gasteiger partial charge in [-0.1, -0.05) is 0 Å². The van der Waals surface area contributed by atoms with Gasteiger partial charge in [0.2, 0.25) is 0 Å². The zero-order valence-corrected chi connectivity index (χ0v) is 13.0. The van der Waals surface area contributed by atoms with Crippen molar-refractivity contribution in [2.45, 2.75) is 25.5 Å². The lowest BCUT2D eigenvalue weighted by molar-refractivity contribution is -0.0434. The number of thiazole rings is 1. The standard InChI is InChI=1S/C14H22N4O2S/c15-14(19)12-10-21-13(16-12)9-18-5-6-20-11(8-18)7-17-3-1-2-4-17/h10-11H,1-9H2,(H2,15,19). The molecule has 7 heteroatoms. The first-order chi connectivity index (χ1) is 10.2. The summed E-state index contributed by atoms with van der Waals surface area (Å²) in [6, 6.07) is 0. The van der Waals surface area contributed by atoms with Crippen molar-refractivity contribution in [3.8, 4) is 0 Å². The maximum atomic E-state index is 11.1. The van der Waals surface area contributed by atoms with Gasteiger partial charge in [-0.3, -0.25) is 9.69 Å². The maximum absolute atomic E-state index is 11.1. The Hall–Kier alpha value is -1.02. The van der Waals surface area contributed by atoms with Crippen LogP contribution < -0.4 is 5.73 Å². The first-order valence-electron chi connectivity index (χ1n) is 7.51. The van der Waals surface area contributed by atoms with Gasteiger partial charge < -0.3 is 15.4 Å². The van der Waals surface area contributed by atoms with E-state index in [0.717, 1.165) is 37.8 Å². The predicted octanol–water partition coefficient (Wildman–Crippen LogP) is 0.539. The van der Waals surface area contributed by atoms with Crippen molar-refractivity contribution in [3.63, 3.8) is 0 Å². The average molecular weight is 310 g/mol. The van der Waals surface area contributed by atoms with Crippen LogP contribution in [0.25, 0.3) is 0 Å². The Morgan fingerprint density at radius 3 is 2.90 bits per heavy atom. The minimum absolute atomic E-state index is 0.285. The predicted molar refractivity (Wildman–Crippen MR) is 81.3 cm³/mol. The number of nitrogens with zero attached hydrogens (tertiary/aromatic N) is 3. The molecule has 0 spiro atoms. The van der Waals surface area contributed by atoms with Crippen molar-refractivity contribution in [3.05, 3.63) is 16.1 Å². The average Bonchev–Trinajstić information content (AvgIpc) is 3.11. The van der Waals surface area contributed by atoms with Gasteiger partial charge >= 0.3 is 0 Å². The van der Waals surface area contributed by atoms with Gasteiger partial charge in [-0.15, -0.1) is 11.3 Å². The third-order valence-electron chi connectivity index (χ3n) is 4.05. The number of hydrogen-bond donors (Lipinski definition) is 1. The molecule has 0 saturated carbocycles. The van der Waals surface area contributed by atoms with Gasteiger partial charge in [0.1, 0.15) is 10.7 Å². The second kappa shape index (κ2) is 6.83. The summed E-state index contributed by atoms with van der Waals surface area (Å²) >= 11 is 1.50. The molecule has 0 bridgehead atoms. The Balaban J connectivity index is 1.51. The summed E-state index contributed by atoms with van der Waals surface area (Å²) in [5, 5.41) is 2.69. The number of carbonyl (C=O) groups is 1. The molecule has 6 nitrogen and oxygen atoms in total. The van der Waals surface area contributed by atoms with Gasteiger partial charge in [-0.25, -0.2) is 4.98 Å². The first kappa shape index (κ1) is 14.9. The minimum atomic E-state index is -0.452. The quantitative estimate of drug-likeness (QED) is 0.859. The highest BCUT2D eigenvalue weighted by atomic mass is 32.1. The fourth-order valence-corrected chi connectivity index (χ4v) is 3.80. The van der Waals surface area contributed by atoms with Crippen LogP contribution in [0.15, 0.2) is 5.38 Å². The van der Waals surface area contributed by atoms with Crippen molar-refractivity contribution >= 4 is 17.2 Å². The smallest absolute Gasteiger partial charge is 0.268 e. The number of likely N-dealkylation sites (tertiary alicyclic amines) is 1. The van der Waals surface area contributed by atoms with Crippen molar-refractivity contribution in [1.82, 2.24) is 14.8 Å². The van der Waals surface area contributed by atoms with E-state index in [4.69, 9.17) is 10.5 Å². The molecule has 3 rings (SSSR count). The Morgan fingerprint density at radius 2 is 2.19 bits per heavy atom. The summed E-state index contributed by atoms with van der Waals surface area (Å²) < 4.78 is 5.88. The lowest BCUT2D eigenvalue weighted by Gasteiger charge is -2.34. The highest BCUT2D eigenvalue weighted by Gasteiger charge is 2.24. The number of ether oxygens (including phenoxy) is 1. The number of carbonyl (C=O) groups excluding carboxylic acids is 1. The van der Waals surface area contributed by atoms with Gasteiger partial charge in [-0.2, -0.15) is 0 Å². The molecular weight excluding hydrogens is 288 g/mol. The summed E-state index contributed by atoms with van der Waals surface area (Å²) in [6.45, 7) is 6.83. The number of amides is 1. The fourth-order valence-electron chi connectivity index (χ4n) is 2.98. The highest BCUT2D eigenvalue weighted by Crippen LogP contribution is 2.16. The molecule has 116 valence electrons. The highest BCUT2D eigenvalue weighted by molar-refractivity contribution is 7.09. The lowest BCUT2D eigenvalue weighted by Crippen LogP contribution is -2.46. The molecule has 1 aromatic rings. The van der Waals surface area contributed by atoms with E-state index < -0.39 is 5.91 Å². The molecule has 0 aromatic carbocycles. The van der Waals surface area contributed by atoms with Crippen LogP contribution in [0, 0.1) is 0 Å². The Labute approximate surface area is 128 Å². The summed E-state index contributed by atoms with van der Waals surface area (Å²) in [4.78, 5) is 20.2. The van der Waals surface area contributed by atoms with Gasteiger partial charge in [-0.05, 0) is 25.9 Å². The number of nitrogens with two attached hydrogens (primary N) is 1. The third kappa shape index (κ3) is 4.00. The SMILES string of the molecule is NC(=O)c1csc(CN2CCOC(CN3CCCC3)C2)n1. The second-order valence-electron chi connectivity index (χ2n) is 5.73. The van der Waals surface area contributed by atoms with Gasteiger partial charge in [0.25, 0.3) is 5.91 Å². The third-order valence-corrected chi connectivity index (χ3v) is 4.88. The Bertz CT molecular complexity index is 487. The first-order valence-corrected chi connectivity index (χ1v) is 8.39. The van der Waals surface area contributed by atoms with E-state index in [1.165, 1.54) is 37.3 Å². The van der Waals surface area contributed by atoms with Crippen LogP contribution in [-0.2, 0) is 11.3 Å². The summed E-state index contributed by atoms with van der Waals surface area (Å²) in [5.74, 6) is -0.452. The number of primary amides is 1. The van der Waals surface area contributed by atoms with Crippen LogP contribution in [0.1, 0.15) is 28.3 Å². The zero-order valence-electron chi connectivity index (χ0n) is 12.2. The molecule has 1 atom stereocenters. The van der Waals surface area contributed by atoms with E-state index in [-0.39, 0.29) is 6.10 Å². The number of hydrogen-bond acceptors (Lipinski definition) is 6. The number of rotatable bonds is 5. The molecule has 3 heterocycles. The number of morpholine rings is 1. The summed E-state index contributed by atoms with van der Waals surface area (Å²) in [7, 11) is 0. The van der Waals surface area contributed by atoms with E-state index in [9.17, 15) is 4.79 Å². The molecule has 2 fully saturated rings.